The quantitative estimate of drug-likeness (QED) is 0.542. The van der Waals surface area contributed by atoms with Crippen molar-refractivity contribution in [1.82, 2.24) is 14.7 Å². The fraction of sp³-hybridized carbons (Fsp3) is 0.400. The maximum absolute atomic E-state index is 13.6. The lowest BCUT2D eigenvalue weighted by molar-refractivity contribution is -0.124. The van der Waals surface area contributed by atoms with Crippen LogP contribution >= 0.6 is 23.8 Å². The standard InChI is InChI=1S/C25H30ClN5O3S/c1-28-11-13-29(14-12-28)15-16-30-22(17-23(32)27-19-5-3-18(26)4-6-19)24(33)31(25(30)35)20-7-9-21(34-2)10-8-20/h3-10,22H,11-17H2,1-2H3,(H,27,32)/t22-/m0/s1. The van der Waals surface area contributed by atoms with Gasteiger partial charge in [-0.15, -0.1) is 0 Å². The van der Waals surface area contributed by atoms with Crippen LogP contribution in [0.1, 0.15) is 6.42 Å². The van der Waals surface area contributed by atoms with E-state index in [1.807, 2.05) is 4.90 Å². The first-order valence-electron chi connectivity index (χ1n) is 11.6. The Labute approximate surface area is 216 Å². The normalized spacial score (nSPS) is 19.3. The van der Waals surface area contributed by atoms with Crippen molar-refractivity contribution in [2.45, 2.75) is 12.5 Å². The minimum Gasteiger partial charge on any atom is -0.497 e. The van der Waals surface area contributed by atoms with Crippen LogP contribution in [-0.4, -0.2) is 91.1 Å². The largest absolute Gasteiger partial charge is 0.497 e. The summed E-state index contributed by atoms with van der Waals surface area (Å²) < 4.78 is 5.24. The number of nitrogens with zero attached hydrogens (tertiary/aromatic N) is 4. The molecule has 0 saturated carbocycles. The van der Waals surface area contributed by atoms with Crippen molar-refractivity contribution in [3.63, 3.8) is 0 Å². The molecule has 2 fully saturated rings. The van der Waals surface area contributed by atoms with E-state index in [0.29, 0.717) is 33.8 Å². The first-order chi connectivity index (χ1) is 16.9. The monoisotopic (exact) mass is 515 g/mol. The summed E-state index contributed by atoms with van der Waals surface area (Å²) in [5.41, 5.74) is 1.29. The molecule has 186 valence electrons. The smallest absolute Gasteiger partial charge is 0.256 e. The summed E-state index contributed by atoms with van der Waals surface area (Å²) in [5.74, 6) is 0.233. The summed E-state index contributed by atoms with van der Waals surface area (Å²) in [6.45, 7) is 5.29. The van der Waals surface area contributed by atoms with Gasteiger partial charge in [-0.2, -0.15) is 0 Å². The van der Waals surface area contributed by atoms with E-state index in [0.717, 1.165) is 32.7 Å². The molecule has 2 aromatic carbocycles. The molecular formula is C25H30ClN5O3S. The van der Waals surface area contributed by atoms with Gasteiger partial charge >= 0.3 is 0 Å². The molecule has 2 saturated heterocycles. The van der Waals surface area contributed by atoms with Gasteiger partial charge in [0.05, 0.1) is 19.2 Å². The fourth-order valence-corrected chi connectivity index (χ4v) is 4.84. The van der Waals surface area contributed by atoms with Crippen molar-refractivity contribution in [3.8, 4) is 5.75 Å². The Morgan fingerprint density at radius 3 is 2.34 bits per heavy atom. The molecule has 10 heteroatoms. The van der Waals surface area contributed by atoms with Crippen molar-refractivity contribution in [2.75, 3.05) is 63.6 Å². The molecule has 2 aliphatic rings. The van der Waals surface area contributed by atoms with Gasteiger partial charge in [-0.3, -0.25) is 19.4 Å². The number of carbonyl (C=O) groups is 2. The maximum atomic E-state index is 13.6. The van der Waals surface area contributed by atoms with Crippen LogP contribution in [-0.2, 0) is 9.59 Å². The summed E-state index contributed by atoms with van der Waals surface area (Å²) in [4.78, 5) is 34.5. The molecule has 0 unspecified atom stereocenters. The summed E-state index contributed by atoms with van der Waals surface area (Å²) in [6.07, 6.45) is -0.00298. The number of amides is 2. The third-order valence-electron chi connectivity index (χ3n) is 6.41. The SMILES string of the molecule is COc1ccc(N2C(=O)[C@H](CC(=O)Nc3ccc(Cl)cc3)N(CCN3CCN(C)CC3)C2=S)cc1. The molecule has 0 aliphatic carbocycles. The number of hydrogen-bond acceptors (Lipinski definition) is 6. The molecule has 0 radical (unpaired) electrons. The number of likely N-dealkylation sites (N-methyl/N-ethyl adjacent to an activating group) is 1. The van der Waals surface area contributed by atoms with E-state index in [-0.39, 0.29) is 18.2 Å². The molecular weight excluding hydrogens is 486 g/mol. The van der Waals surface area contributed by atoms with Crippen molar-refractivity contribution < 1.29 is 14.3 Å². The van der Waals surface area contributed by atoms with Crippen molar-refractivity contribution in [3.05, 3.63) is 53.6 Å². The molecule has 2 aromatic rings. The van der Waals surface area contributed by atoms with Gasteiger partial charge in [0.15, 0.2) is 5.11 Å². The molecule has 1 N–H and O–H groups in total. The van der Waals surface area contributed by atoms with Crippen LogP contribution in [0.25, 0.3) is 0 Å². The fourth-order valence-electron chi connectivity index (χ4n) is 4.30. The predicted molar refractivity (Wildman–Crippen MR) is 142 cm³/mol. The summed E-state index contributed by atoms with van der Waals surface area (Å²) in [7, 11) is 3.71. The summed E-state index contributed by atoms with van der Waals surface area (Å²) in [6, 6.07) is 13.4. The van der Waals surface area contributed by atoms with Crippen LogP contribution in [0.5, 0.6) is 5.75 Å². The van der Waals surface area contributed by atoms with Gasteiger partial charge in [0.25, 0.3) is 5.91 Å². The van der Waals surface area contributed by atoms with E-state index in [2.05, 4.69) is 22.2 Å². The van der Waals surface area contributed by atoms with E-state index >= 15 is 0 Å². The van der Waals surface area contributed by atoms with E-state index < -0.39 is 6.04 Å². The van der Waals surface area contributed by atoms with Gasteiger partial charge in [-0.1, -0.05) is 11.6 Å². The van der Waals surface area contributed by atoms with Gasteiger partial charge in [0, 0.05) is 50.0 Å². The Balaban J connectivity index is 1.50. The number of anilines is 2. The first kappa shape index (κ1) is 25.4. The van der Waals surface area contributed by atoms with Gasteiger partial charge in [0.2, 0.25) is 5.91 Å². The van der Waals surface area contributed by atoms with Crippen molar-refractivity contribution >= 4 is 52.1 Å². The number of rotatable bonds is 8. The molecule has 4 rings (SSSR count). The Morgan fingerprint density at radius 2 is 1.71 bits per heavy atom. The molecule has 2 aliphatic heterocycles. The Kier molecular flexibility index (Phi) is 8.22. The lowest BCUT2D eigenvalue weighted by atomic mass is 10.1. The predicted octanol–water partition coefficient (Wildman–Crippen LogP) is 2.93. The first-order valence-corrected chi connectivity index (χ1v) is 12.4. The third kappa shape index (κ3) is 6.10. The number of thiocarbonyl (C=S) groups is 1. The highest BCUT2D eigenvalue weighted by atomic mass is 35.5. The van der Waals surface area contributed by atoms with E-state index in [1.165, 1.54) is 4.90 Å². The number of hydrogen-bond donors (Lipinski definition) is 1. The van der Waals surface area contributed by atoms with Crippen molar-refractivity contribution in [1.29, 1.82) is 0 Å². The summed E-state index contributed by atoms with van der Waals surface area (Å²) in [5, 5.41) is 3.86. The maximum Gasteiger partial charge on any atom is 0.256 e. The van der Waals surface area contributed by atoms with Gasteiger partial charge < -0.3 is 19.9 Å². The minimum atomic E-state index is -0.677. The molecule has 1 atom stereocenters. The number of methoxy groups -OCH3 is 1. The zero-order valence-electron chi connectivity index (χ0n) is 19.9. The molecule has 2 amide bonds. The molecule has 0 bridgehead atoms. The number of piperazine rings is 1. The lowest BCUT2D eigenvalue weighted by Gasteiger charge is -2.34. The topological polar surface area (TPSA) is 68.4 Å². The average Bonchev–Trinajstić information content (AvgIpc) is 3.08. The number of carbonyl (C=O) groups excluding carboxylic acids is 2. The zero-order chi connectivity index (χ0) is 24.9. The van der Waals surface area contributed by atoms with Crippen LogP contribution in [0.15, 0.2) is 48.5 Å². The molecule has 35 heavy (non-hydrogen) atoms. The Hall–Kier alpha value is -2.72. The molecule has 0 spiro atoms. The third-order valence-corrected chi connectivity index (χ3v) is 7.08. The van der Waals surface area contributed by atoms with Gasteiger partial charge in [0.1, 0.15) is 11.8 Å². The average molecular weight is 516 g/mol. The Bertz CT molecular complexity index is 1060. The molecule has 2 heterocycles. The van der Waals surface area contributed by atoms with Crippen LogP contribution in [0.2, 0.25) is 5.02 Å². The van der Waals surface area contributed by atoms with Gasteiger partial charge in [-0.05, 0) is 67.8 Å². The number of benzene rings is 2. The number of nitrogens with one attached hydrogen (secondary N) is 1. The second-order valence-electron chi connectivity index (χ2n) is 8.77. The zero-order valence-corrected chi connectivity index (χ0v) is 21.5. The second kappa shape index (κ2) is 11.3. The van der Waals surface area contributed by atoms with E-state index in [4.69, 9.17) is 28.6 Å². The summed E-state index contributed by atoms with van der Waals surface area (Å²) >= 11 is 11.7. The highest BCUT2D eigenvalue weighted by Gasteiger charge is 2.44. The lowest BCUT2D eigenvalue weighted by Crippen LogP contribution is -2.48. The van der Waals surface area contributed by atoms with E-state index in [9.17, 15) is 9.59 Å². The minimum absolute atomic E-state index is 0.00298. The van der Waals surface area contributed by atoms with Crippen LogP contribution in [0, 0.1) is 0 Å². The number of ether oxygens (including phenoxy) is 1. The van der Waals surface area contributed by atoms with Crippen LogP contribution < -0.4 is 15.0 Å². The number of halogens is 1. The van der Waals surface area contributed by atoms with Crippen LogP contribution in [0.3, 0.4) is 0 Å². The Morgan fingerprint density at radius 1 is 1.06 bits per heavy atom. The molecule has 0 aromatic heterocycles. The highest BCUT2D eigenvalue weighted by molar-refractivity contribution is 7.80. The highest BCUT2D eigenvalue weighted by Crippen LogP contribution is 2.29. The van der Waals surface area contributed by atoms with Crippen molar-refractivity contribution in [2.24, 2.45) is 0 Å². The second-order valence-corrected chi connectivity index (χ2v) is 9.57. The van der Waals surface area contributed by atoms with Crippen LogP contribution in [0.4, 0.5) is 11.4 Å². The molecule has 8 nitrogen and oxygen atoms in total. The van der Waals surface area contributed by atoms with E-state index in [1.54, 1.807) is 55.6 Å². The van der Waals surface area contributed by atoms with Gasteiger partial charge in [-0.25, -0.2) is 0 Å².